The summed E-state index contributed by atoms with van der Waals surface area (Å²) in [7, 11) is 0. The SMILES string of the molecule is O=C(C(=Cc1ccccc1OC(F)F)c1nc2ccccc2s1)c1ccccc1. The molecular formula is C23H15F2NO2S. The van der Waals surface area contributed by atoms with E-state index >= 15 is 0 Å². The van der Waals surface area contributed by atoms with Crippen molar-refractivity contribution < 1.29 is 18.3 Å². The van der Waals surface area contributed by atoms with Crippen LogP contribution in [0.4, 0.5) is 8.78 Å². The van der Waals surface area contributed by atoms with E-state index in [4.69, 9.17) is 0 Å². The monoisotopic (exact) mass is 407 g/mol. The zero-order valence-electron chi connectivity index (χ0n) is 15.1. The number of carbonyl (C=O) groups is 1. The van der Waals surface area contributed by atoms with Gasteiger partial charge in [0.2, 0.25) is 0 Å². The lowest BCUT2D eigenvalue weighted by molar-refractivity contribution is -0.0499. The highest BCUT2D eigenvalue weighted by molar-refractivity contribution is 7.20. The summed E-state index contributed by atoms with van der Waals surface area (Å²) in [6.07, 6.45) is 1.56. The van der Waals surface area contributed by atoms with Gasteiger partial charge in [0.1, 0.15) is 10.8 Å². The second-order valence-electron chi connectivity index (χ2n) is 6.16. The van der Waals surface area contributed by atoms with E-state index in [9.17, 15) is 13.6 Å². The molecule has 0 aliphatic rings. The molecule has 0 N–H and O–H groups in total. The molecule has 0 aliphatic heterocycles. The minimum atomic E-state index is -2.96. The van der Waals surface area contributed by atoms with Crippen molar-refractivity contribution in [3.05, 3.63) is 95.0 Å². The Labute approximate surface area is 169 Å². The molecule has 1 heterocycles. The Bertz CT molecular complexity index is 1150. The van der Waals surface area contributed by atoms with Gasteiger partial charge in [-0.05, 0) is 24.3 Å². The number of carbonyl (C=O) groups excluding carboxylic acids is 1. The molecule has 3 nitrogen and oxygen atoms in total. The number of allylic oxidation sites excluding steroid dienone is 1. The molecule has 0 amide bonds. The molecule has 0 saturated heterocycles. The summed E-state index contributed by atoms with van der Waals surface area (Å²) in [5.74, 6) is -0.238. The molecule has 4 aromatic rings. The lowest BCUT2D eigenvalue weighted by Gasteiger charge is -2.09. The fraction of sp³-hybridized carbons (Fsp3) is 0.0435. The highest BCUT2D eigenvalue weighted by atomic mass is 32.1. The van der Waals surface area contributed by atoms with Crippen LogP contribution in [-0.2, 0) is 0 Å². The number of nitrogens with zero attached hydrogens (tertiary/aromatic N) is 1. The summed E-state index contributed by atoms with van der Waals surface area (Å²) in [6, 6.07) is 22.7. The van der Waals surface area contributed by atoms with Crippen molar-refractivity contribution in [1.82, 2.24) is 4.98 Å². The minimum absolute atomic E-state index is 0.00183. The topological polar surface area (TPSA) is 39.2 Å². The molecule has 0 spiro atoms. The van der Waals surface area contributed by atoms with Crippen LogP contribution in [0.25, 0.3) is 21.9 Å². The lowest BCUT2D eigenvalue weighted by atomic mass is 10.0. The van der Waals surface area contributed by atoms with Crippen LogP contribution < -0.4 is 4.74 Å². The van der Waals surface area contributed by atoms with Crippen molar-refractivity contribution in [3.8, 4) is 5.75 Å². The molecule has 0 bridgehead atoms. The van der Waals surface area contributed by atoms with Gasteiger partial charge in [0, 0.05) is 11.1 Å². The number of hydrogen-bond acceptors (Lipinski definition) is 4. The predicted molar refractivity (Wildman–Crippen MR) is 111 cm³/mol. The Hall–Kier alpha value is -3.38. The molecule has 0 radical (unpaired) electrons. The van der Waals surface area contributed by atoms with E-state index in [1.807, 2.05) is 30.3 Å². The van der Waals surface area contributed by atoms with Gasteiger partial charge in [-0.15, -0.1) is 11.3 Å². The third-order valence-corrected chi connectivity index (χ3v) is 5.31. The first-order chi connectivity index (χ1) is 14.1. The van der Waals surface area contributed by atoms with Gasteiger partial charge in [0.15, 0.2) is 5.78 Å². The quantitative estimate of drug-likeness (QED) is 0.277. The lowest BCUT2D eigenvalue weighted by Crippen LogP contribution is -2.05. The molecule has 6 heteroatoms. The summed E-state index contributed by atoms with van der Waals surface area (Å²) < 4.78 is 31.2. The predicted octanol–water partition coefficient (Wildman–Crippen LogP) is 6.32. The van der Waals surface area contributed by atoms with Crippen molar-refractivity contribution in [2.75, 3.05) is 0 Å². The van der Waals surface area contributed by atoms with Gasteiger partial charge in [0.25, 0.3) is 0 Å². The van der Waals surface area contributed by atoms with E-state index in [1.165, 1.54) is 17.4 Å². The fourth-order valence-corrected chi connectivity index (χ4v) is 3.89. The van der Waals surface area contributed by atoms with Crippen LogP contribution in [0.1, 0.15) is 20.9 Å². The second kappa shape index (κ2) is 8.32. The zero-order chi connectivity index (χ0) is 20.2. The number of hydrogen-bond donors (Lipinski definition) is 0. The molecule has 0 unspecified atom stereocenters. The van der Waals surface area contributed by atoms with E-state index in [0.717, 1.165) is 10.2 Å². The van der Waals surface area contributed by atoms with Crippen molar-refractivity contribution in [2.24, 2.45) is 0 Å². The van der Waals surface area contributed by atoms with E-state index in [2.05, 4.69) is 9.72 Å². The summed E-state index contributed by atoms with van der Waals surface area (Å²) in [6.45, 7) is -2.96. The second-order valence-corrected chi connectivity index (χ2v) is 7.19. The third kappa shape index (κ3) is 4.22. The number of benzene rings is 3. The third-order valence-electron chi connectivity index (χ3n) is 4.24. The van der Waals surface area contributed by atoms with Crippen molar-refractivity contribution in [2.45, 2.75) is 6.61 Å². The largest absolute Gasteiger partial charge is 0.434 e. The van der Waals surface area contributed by atoms with Crippen LogP contribution >= 0.6 is 11.3 Å². The minimum Gasteiger partial charge on any atom is -0.434 e. The molecule has 144 valence electrons. The van der Waals surface area contributed by atoms with Gasteiger partial charge in [-0.2, -0.15) is 8.78 Å². The molecule has 0 fully saturated rings. The zero-order valence-corrected chi connectivity index (χ0v) is 15.9. The van der Waals surface area contributed by atoms with Crippen molar-refractivity contribution in [1.29, 1.82) is 0 Å². The van der Waals surface area contributed by atoms with Crippen LogP contribution in [0.2, 0.25) is 0 Å². The average Bonchev–Trinajstić information content (AvgIpc) is 3.17. The number of aromatic nitrogens is 1. The van der Waals surface area contributed by atoms with Crippen LogP contribution in [0.3, 0.4) is 0 Å². The van der Waals surface area contributed by atoms with E-state index < -0.39 is 6.61 Å². The Morgan fingerprint density at radius 3 is 2.38 bits per heavy atom. The van der Waals surface area contributed by atoms with Gasteiger partial charge in [0.05, 0.1) is 15.8 Å². The van der Waals surface area contributed by atoms with Gasteiger partial charge in [-0.3, -0.25) is 4.79 Å². The number of fused-ring (bicyclic) bond motifs is 1. The number of Topliss-reactive ketones (excluding diaryl/α,β-unsaturated/α-hetero) is 1. The van der Waals surface area contributed by atoms with E-state index in [1.54, 1.807) is 48.5 Å². The molecule has 29 heavy (non-hydrogen) atoms. The Morgan fingerprint density at radius 2 is 1.62 bits per heavy atom. The number of halogens is 2. The van der Waals surface area contributed by atoms with Crippen molar-refractivity contribution in [3.63, 3.8) is 0 Å². The maximum absolute atomic E-state index is 13.3. The first-order valence-corrected chi connectivity index (χ1v) is 9.65. The first kappa shape index (κ1) is 19.0. The Balaban J connectivity index is 1.87. The smallest absolute Gasteiger partial charge is 0.387 e. The standard InChI is InChI=1S/C23H15F2NO2S/c24-23(25)28-19-12-6-4-10-16(19)14-17(21(27)15-8-2-1-3-9-15)22-26-18-11-5-7-13-20(18)29-22/h1-14,23H. The van der Waals surface area contributed by atoms with Crippen LogP contribution in [0.5, 0.6) is 5.75 Å². The van der Waals surface area contributed by atoms with E-state index in [0.29, 0.717) is 21.7 Å². The molecule has 4 rings (SSSR count). The van der Waals surface area contributed by atoms with E-state index in [-0.39, 0.29) is 11.5 Å². The van der Waals surface area contributed by atoms with Crippen LogP contribution in [0.15, 0.2) is 78.9 Å². The molecule has 0 saturated carbocycles. The number of ether oxygens (including phenoxy) is 1. The number of thiazole rings is 1. The molecule has 0 atom stereocenters. The fourth-order valence-electron chi connectivity index (χ4n) is 2.92. The van der Waals surface area contributed by atoms with Gasteiger partial charge in [-0.25, -0.2) is 4.98 Å². The highest BCUT2D eigenvalue weighted by Crippen LogP contribution is 2.32. The van der Waals surface area contributed by atoms with Crippen LogP contribution in [0, 0.1) is 0 Å². The Kier molecular flexibility index (Phi) is 5.44. The maximum Gasteiger partial charge on any atom is 0.387 e. The summed E-state index contributed by atoms with van der Waals surface area (Å²) in [4.78, 5) is 17.9. The number of ketones is 1. The highest BCUT2D eigenvalue weighted by Gasteiger charge is 2.19. The maximum atomic E-state index is 13.3. The number of alkyl halides is 2. The van der Waals surface area contributed by atoms with Gasteiger partial charge < -0.3 is 4.74 Å². The first-order valence-electron chi connectivity index (χ1n) is 8.83. The summed E-state index contributed by atoms with van der Waals surface area (Å²) in [5, 5.41) is 0.520. The summed E-state index contributed by atoms with van der Waals surface area (Å²) in [5.41, 5.74) is 1.97. The van der Waals surface area contributed by atoms with Crippen LogP contribution in [-0.4, -0.2) is 17.4 Å². The van der Waals surface area contributed by atoms with Gasteiger partial charge >= 0.3 is 6.61 Å². The van der Waals surface area contributed by atoms with Crippen molar-refractivity contribution >= 4 is 39.0 Å². The molecule has 0 aliphatic carbocycles. The number of rotatable bonds is 6. The number of para-hydroxylation sites is 2. The normalized spacial score (nSPS) is 11.8. The average molecular weight is 407 g/mol. The van der Waals surface area contributed by atoms with Gasteiger partial charge in [-0.1, -0.05) is 60.7 Å². The summed E-state index contributed by atoms with van der Waals surface area (Å²) >= 11 is 1.38. The molecular weight excluding hydrogens is 392 g/mol. The Morgan fingerprint density at radius 1 is 0.931 bits per heavy atom. The molecule has 3 aromatic carbocycles. The molecule has 1 aromatic heterocycles.